The first-order valence-corrected chi connectivity index (χ1v) is 9.65. The number of hydrogen-bond donors (Lipinski definition) is 2. The largest absolute Gasteiger partial charge is 0.379 e. The lowest BCUT2D eigenvalue weighted by molar-refractivity contribution is 0.0241. The van der Waals surface area contributed by atoms with Gasteiger partial charge in [0.05, 0.1) is 23.4 Å². The van der Waals surface area contributed by atoms with Crippen molar-refractivity contribution in [2.75, 3.05) is 26.7 Å². The smallest absolute Gasteiger partial charge is 0.191 e. The van der Waals surface area contributed by atoms with Gasteiger partial charge in [-0.2, -0.15) is 0 Å². The van der Waals surface area contributed by atoms with Crippen molar-refractivity contribution in [3.05, 3.63) is 16.1 Å². The second kappa shape index (κ2) is 9.99. The molecule has 0 saturated heterocycles. The van der Waals surface area contributed by atoms with Gasteiger partial charge in [-0.15, -0.1) is 11.3 Å². The van der Waals surface area contributed by atoms with Crippen molar-refractivity contribution in [1.82, 2.24) is 15.6 Å². The van der Waals surface area contributed by atoms with Crippen molar-refractivity contribution in [2.45, 2.75) is 60.0 Å². The average molecular weight is 355 g/mol. The molecule has 0 spiro atoms. The van der Waals surface area contributed by atoms with Crippen molar-refractivity contribution in [3.8, 4) is 0 Å². The number of nitrogens with one attached hydrogen (secondary N) is 2. The summed E-state index contributed by atoms with van der Waals surface area (Å²) in [6, 6.07) is 0. The molecule has 1 aromatic rings. The quantitative estimate of drug-likeness (QED) is 0.555. The van der Waals surface area contributed by atoms with E-state index >= 15 is 0 Å². The molecule has 1 heterocycles. The lowest BCUT2D eigenvalue weighted by atomic mass is 9.89. The van der Waals surface area contributed by atoms with Gasteiger partial charge in [0.2, 0.25) is 0 Å². The molecule has 0 fully saturated rings. The molecule has 0 saturated carbocycles. The number of nitrogens with zero attached hydrogens (tertiary/aromatic N) is 2. The molecule has 138 valence electrons. The van der Waals surface area contributed by atoms with Crippen LogP contribution in [0.25, 0.3) is 0 Å². The number of aromatic nitrogens is 1. The highest BCUT2D eigenvalue weighted by Gasteiger charge is 2.24. The molecule has 1 atom stereocenters. The molecule has 1 rings (SSSR count). The van der Waals surface area contributed by atoms with Crippen LogP contribution < -0.4 is 10.6 Å². The molecule has 0 radical (unpaired) electrons. The minimum atomic E-state index is 0.0728. The molecular formula is C18H34N4OS. The Morgan fingerprint density at radius 3 is 2.54 bits per heavy atom. The molecule has 24 heavy (non-hydrogen) atoms. The zero-order valence-electron chi connectivity index (χ0n) is 16.3. The van der Waals surface area contributed by atoms with E-state index < -0.39 is 0 Å². The number of thiazole rings is 1. The zero-order chi connectivity index (χ0) is 18.2. The molecule has 5 nitrogen and oxygen atoms in total. The van der Waals surface area contributed by atoms with Crippen LogP contribution in [0.1, 0.15) is 58.2 Å². The summed E-state index contributed by atoms with van der Waals surface area (Å²) in [4.78, 5) is 9.34. The number of ether oxygens (including phenoxy) is 1. The lowest BCUT2D eigenvalue weighted by Gasteiger charge is -2.28. The second-order valence-corrected chi connectivity index (χ2v) is 8.21. The Morgan fingerprint density at radius 2 is 2.04 bits per heavy atom. The highest BCUT2D eigenvalue weighted by atomic mass is 32.1. The molecule has 0 amide bonds. The van der Waals surface area contributed by atoms with E-state index in [4.69, 9.17) is 4.74 Å². The summed E-state index contributed by atoms with van der Waals surface area (Å²) in [5.41, 5.74) is 1.22. The van der Waals surface area contributed by atoms with Gasteiger partial charge in [0.25, 0.3) is 0 Å². The summed E-state index contributed by atoms with van der Waals surface area (Å²) >= 11 is 1.75. The zero-order valence-corrected chi connectivity index (χ0v) is 17.1. The Kier molecular flexibility index (Phi) is 8.70. The maximum atomic E-state index is 5.57. The third-order valence-corrected chi connectivity index (χ3v) is 4.94. The first-order chi connectivity index (χ1) is 11.3. The first kappa shape index (κ1) is 20.9. The van der Waals surface area contributed by atoms with E-state index in [2.05, 4.69) is 67.5 Å². The number of hydrogen-bond acceptors (Lipinski definition) is 4. The van der Waals surface area contributed by atoms with Crippen LogP contribution in [0.3, 0.4) is 0 Å². The Labute approximate surface area is 151 Å². The Balaban J connectivity index is 2.54. The van der Waals surface area contributed by atoms with Crippen LogP contribution in [0.2, 0.25) is 0 Å². The van der Waals surface area contributed by atoms with Crippen molar-refractivity contribution >= 4 is 17.3 Å². The van der Waals surface area contributed by atoms with Gasteiger partial charge in [-0.3, -0.25) is 4.99 Å². The van der Waals surface area contributed by atoms with E-state index in [0.29, 0.717) is 12.5 Å². The summed E-state index contributed by atoms with van der Waals surface area (Å²) in [7, 11) is 1.75. The number of methoxy groups -OCH3 is 1. The SMILES string of the molecule is CCNC(=NCC(OC)C(C)(C)C)NCCc1csc(C(C)C)n1. The highest BCUT2D eigenvalue weighted by Crippen LogP contribution is 2.22. The van der Waals surface area contributed by atoms with E-state index in [1.54, 1.807) is 18.4 Å². The Morgan fingerprint density at radius 1 is 1.33 bits per heavy atom. The van der Waals surface area contributed by atoms with Crippen LogP contribution in [0, 0.1) is 5.41 Å². The third kappa shape index (κ3) is 7.18. The molecule has 0 aliphatic rings. The third-order valence-electron chi connectivity index (χ3n) is 3.75. The van der Waals surface area contributed by atoms with Gasteiger partial charge in [-0.25, -0.2) is 4.98 Å². The fraction of sp³-hybridized carbons (Fsp3) is 0.778. The summed E-state index contributed by atoms with van der Waals surface area (Å²) in [5.74, 6) is 1.34. The van der Waals surface area contributed by atoms with Crippen LogP contribution in [0.4, 0.5) is 0 Å². The molecule has 1 unspecified atom stereocenters. The van der Waals surface area contributed by atoms with Crippen LogP contribution >= 0.6 is 11.3 Å². The molecule has 2 N–H and O–H groups in total. The molecule has 0 aliphatic heterocycles. The maximum Gasteiger partial charge on any atom is 0.191 e. The van der Waals surface area contributed by atoms with Crippen molar-refractivity contribution in [3.63, 3.8) is 0 Å². The van der Waals surface area contributed by atoms with Gasteiger partial charge in [-0.05, 0) is 12.3 Å². The molecule has 6 heteroatoms. The standard InChI is InChI=1S/C18H34N4OS/c1-8-19-17(21-11-15(23-7)18(4,5)6)20-10-9-14-12-24-16(22-14)13(2)3/h12-13,15H,8-11H2,1-7H3,(H2,19,20,21). The van der Waals surface area contributed by atoms with Gasteiger partial charge in [0.1, 0.15) is 0 Å². The van der Waals surface area contributed by atoms with Crippen molar-refractivity contribution < 1.29 is 4.74 Å². The van der Waals surface area contributed by atoms with E-state index in [1.165, 1.54) is 5.01 Å². The number of rotatable bonds is 8. The monoisotopic (exact) mass is 354 g/mol. The van der Waals surface area contributed by atoms with Crippen LogP contribution in [-0.2, 0) is 11.2 Å². The van der Waals surface area contributed by atoms with Crippen molar-refractivity contribution in [2.24, 2.45) is 10.4 Å². The van der Waals surface area contributed by atoms with Gasteiger partial charge >= 0.3 is 0 Å². The molecular weight excluding hydrogens is 320 g/mol. The van der Waals surface area contributed by atoms with Gasteiger partial charge in [-0.1, -0.05) is 34.6 Å². The minimum absolute atomic E-state index is 0.0728. The van der Waals surface area contributed by atoms with E-state index in [-0.39, 0.29) is 11.5 Å². The fourth-order valence-electron chi connectivity index (χ4n) is 2.23. The number of aliphatic imine (C=N–C) groups is 1. The highest BCUT2D eigenvalue weighted by molar-refractivity contribution is 7.09. The Bertz CT molecular complexity index is 505. The predicted molar refractivity (Wildman–Crippen MR) is 104 cm³/mol. The van der Waals surface area contributed by atoms with E-state index in [1.807, 2.05) is 0 Å². The molecule has 0 aliphatic carbocycles. The fourth-order valence-corrected chi connectivity index (χ4v) is 3.10. The average Bonchev–Trinajstić information content (AvgIpc) is 2.95. The summed E-state index contributed by atoms with van der Waals surface area (Å²) in [5, 5.41) is 10.0. The van der Waals surface area contributed by atoms with Gasteiger partial charge in [0.15, 0.2) is 5.96 Å². The lowest BCUT2D eigenvalue weighted by Crippen LogP contribution is -2.40. The summed E-state index contributed by atoms with van der Waals surface area (Å²) in [6.07, 6.45) is 1.00. The summed E-state index contributed by atoms with van der Waals surface area (Å²) < 4.78 is 5.57. The van der Waals surface area contributed by atoms with Crippen molar-refractivity contribution in [1.29, 1.82) is 0 Å². The topological polar surface area (TPSA) is 58.5 Å². The molecule has 0 bridgehead atoms. The molecule has 0 aromatic carbocycles. The molecule has 1 aromatic heterocycles. The van der Waals surface area contributed by atoms with E-state index in [9.17, 15) is 0 Å². The Hall–Kier alpha value is -1.14. The first-order valence-electron chi connectivity index (χ1n) is 8.77. The second-order valence-electron chi connectivity index (χ2n) is 7.32. The van der Waals surface area contributed by atoms with Gasteiger partial charge in [0, 0.05) is 37.9 Å². The number of guanidine groups is 1. The van der Waals surface area contributed by atoms with Gasteiger partial charge < -0.3 is 15.4 Å². The maximum absolute atomic E-state index is 5.57. The normalized spacial score (nSPS) is 14.1. The summed E-state index contributed by atoms with van der Waals surface area (Å²) in [6.45, 7) is 15.3. The van der Waals surface area contributed by atoms with Crippen LogP contribution in [0.15, 0.2) is 10.4 Å². The van der Waals surface area contributed by atoms with E-state index in [0.717, 1.165) is 31.2 Å². The minimum Gasteiger partial charge on any atom is -0.379 e. The predicted octanol–water partition coefficient (Wildman–Crippen LogP) is 3.43. The van der Waals surface area contributed by atoms with Crippen LogP contribution in [-0.4, -0.2) is 43.8 Å². The van der Waals surface area contributed by atoms with Crippen LogP contribution in [0.5, 0.6) is 0 Å².